The second-order valence-corrected chi connectivity index (χ2v) is 5.33. The van der Waals surface area contributed by atoms with Gasteiger partial charge in [0.05, 0.1) is 17.1 Å². The summed E-state index contributed by atoms with van der Waals surface area (Å²) >= 11 is 0. The number of hydrogen-bond acceptors (Lipinski definition) is 3. The molecule has 0 unspecified atom stereocenters. The summed E-state index contributed by atoms with van der Waals surface area (Å²) in [5.74, 6) is -1.06. The number of benzene rings is 1. The highest BCUT2D eigenvalue weighted by Crippen LogP contribution is 2.17. The minimum absolute atomic E-state index is 0.0242. The molecule has 82 valence electrons. The zero-order valence-corrected chi connectivity index (χ0v) is 9.12. The van der Waals surface area contributed by atoms with Gasteiger partial charge in [-0.25, -0.2) is 8.42 Å². The third-order valence-electron chi connectivity index (χ3n) is 2.03. The van der Waals surface area contributed by atoms with Crippen LogP contribution in [0, 0.1) is 0 Å². The first-order valence-electron chi connectivity index (χ1n) is 4.50. The van der Waals surface area contributed by atoms with E-state index in [0.717, 1.165) is 0 Å². The van der Waals surface area contributed by atoms with Crippen LogP contribution in [0.3, 0.4) is 0 Å². The fourth-order valence-corrected chi connectivity index (χ4v) is 2.41. The Balaban J connectivity index is 3.24. The van der Waals surface area contributed by atoms with Gasteiger partial charge in [-0.2, -0.15) is 0 Å². The van der Waals surface area contributed by atoms with Crippen LogP contribution in [0.5, 0.6) is 0 Å². The van der Waals surface area contributed by atoms with Gasteiger partial charge >= 0.3 is 5.97 Å². The van der Waals surface area contributed by atoms with Gasteiger partial charge in [-0.1, -0.05) is 25.1 Å². The molecule has 0 spiro atoms. The number of hydrogen-bond donors (Lipinski definition) is 1. The lowest BCUT2D eigenvalue weighted by atomic mass is 10.1. The van der Waals surface area contributed by atoms with Gasteiger partial charge in [0.1, 0.15) is 0 Å². The van der Waals surface area contributed by atoms with Crippen molar-refractivity contribution in [3.63, 3.8) is 0 Å². The van der Waals surface area contributed by atoms with E-state index in [0.29, 0.717) is 5.56 Å². The van der Waals surface area contributed by atoms with Crippen molar-refractivity contribution in [1.82, 2.24) is 0 Å². The molecule has 1 aromatic rings. The Labute approximate surface area is 88.5 Å². The summed E-state index contributed by atoms with van der Waals surface area (Å²) in [5, 5.41) is 8.63. The van der Waals surface area contributed by atoms with Gasteiger partial charge in [0.2, 0.25) is 0 Å². The van der Waals surface area contributed by atoms with Gasteiger partial charge in [-0.15, -0.1) is 0 Å². The molecule has 0 saturated heterocycles. The predicted molar refractivity (Wildman–Crippen MR) is 55.5 cm³/mol. The summed E-state index contributed by atoms with van der Waals surface area (Å²) < 4.78 is 23.2. The van der Waals surface area contributed by atoms with Crippen LogP contribution in [0.4, 0.5) is 0 Å². The van der Waals surface area contributed by atoms with E-state index in [1.807, 2.05) is 0 Å². The highest BCUT2D eigenvalue weighted by molar-refractivity contribution is 7.91. The number of sulfone groups is 1. The molecule has 4 nitrogen and oxygen atoms in total. The lowest BCUT2D eigenvalue weighted by Gasteiger charge is -2.06. The molecule has 1 N–H and O–H groups in total. The zero-order valence-electron chi connectivity index (χ0n) is 8.30. The number of carbonyl (C=O) groups is 1. The van der Waals surface area contributed by atoms with E-state index in [4.69, 9.17) is 5.11 Å². The highest BCUT2D eigenvalue weighted by atomic mass is 32.2. The van der Waals surface area contributed by atoms with E-state index in [9.17, 15) is 13.2 Å². The molecule has 5 heteroatoms. The maximum Gasteiger partial charge on any atom is 0.307 e. The molecule has 0 heterocycles. The maximum absolute atomic E-state index is 11.6. The van der Waals surface area contributed by atoms with Crippen LogP contribution in [0.1, 0.15) is 12.5 Å². The molecule has 1 aromatic carbocycles. The molecule has 15 heavy (non-hydrogen) atoms. The van der Waals surface area contributed by atoms with Crippen molar-refractivity contribution in [2.75, 3.05) is 5.75 Å². The SMILES string of the molecule is CCS(=O)(=O)c1ccccc1CC(=O)O. The topological polar surface area (TPSA) is 71.4 Å². The third kappa shape index (κ3) is 2.79. The normalized spacial score (nSPS) is 11.3. The van der Waals surface area contributed by atoms with Crippen molar-refractivity contribution >= 4 is 15.8 Å². The van der Waals surface area contributed by atoms with E-state index in [-0.39, 0.29) is 17.1 Å². The van der Waals surface area contributed by atoms with Crippen molar-refractivity contribution < 1.29 is 18.3 Å². The lowest BCUT2D eigenvalue weighted by Crippen LogP contribution is -2.10. The van der Waals surface area contributed by atoms with Gasteiger partial charge in [-0.3, -0.25) is 4.79 Å². The van der Waals surface area contributed by atoms with E-state index in [1.54, 1.807) is 12.1 Å². The number of carboxylic acid groups (broad SMARTS) is 1. The molecular formula is C10H12O4S. The fraction of sp³-hybridized carbons (Fsp3) is 0.300. The summed E-state index contributed by atoms with van der Waals surface area (Å²) in [6, 6.07) is 6.19. The van der Waals surface area contributed by atoms with E-state index < -0.39 is 15.8 Å². The summed E-state index contributed by atoms with van der Waals surface area (Å²) in [6.07, 6.45) is -0.268. The largest absolute Gasteiger partial charge is 0.481 e. The van der Waals surface area contributed by atoms with Crippen LogP contribution in [0.25, 0.3) is 0 Å². The molecule has 0 atom stereocenters. The van der Waals surface area contributed by atoms with Gasteiger partial charge in [0, 0.05) is 0 Å². The maximum atomic E-state index is 11.6. The molecule has 0 aromatic heterocycles. The average Bonchev–Trinajstić information content (AvgIpc) is 2.17. The van der Waals surface area contributed by atoms with Crippen LogP contribution < -0.4 is 0 Å². The fourth-order valence-electron chi connectivity index (χ4n) is 1.27. The minimum atomic E-state index is -3.34. The molecule has 1 rings (SSSR count). The Morgan fingerprint density at radius 2 is 1.93 bits per heavy atom. The summed E-state index contributed by atoms with van der Waals surface area (Å²) in [6.45, 7) is 1.53. The Bertz CT molecular complexity index is 462. The number of rotatable bonds is 4. The van der Waals surface area contributed by atoms with Gasteiger partial charge in [-0.05, 0) is 11.6 Å². The minimum Gasteiger partial charge on any atom is -0.481 e. The summed E-state index contributed by atoms with van der Waals surface area (Å²) in [7, 11) is -3.34. The Kier molecular flexibility index (Phi) is 3.47. The van der Waals surface area contributed by atoms with E-state index >= 15 is 0 Å². The second-order valence-electron chi connectivity index (χ2n) is 3.08. The molecule has 0 aliphatic heterocycles. The molecular weight excluding hydrogens is 216 g/mol. The van der Waals surface area contributed by atoms with Crippen LogP contribution >= 0.6 is 0 Å². The Morgan fingerprint density at radius 1 is 1.33 bits per heavy atom. The van der Waals surface area contributed by atoms with Crippen molar-refractivity contribution in [2.24, 2.45) is 0 Å². The monoisotopic (exact) mass is 228 g/mol. The number of aliphatic carboxylic acids is 1. The van der Waals surface area contributed by atoms with Crippen molar-refractivity contribution in [2.45, 2.75) is 18.2 Å². The highest BCUT2D eigenvalue weighted by Gasteiger charge is 2.17. The van der Waals surface area contributed by atoms with Gasteiger partial charge in [0.25, 0.3) is 0 Å². The molecule has 0 amide bonds. The first-order chi connectivity index (χ1) is 6.97. The smallest absolute Gasteiger partial charge is 0.307 e. The van der Waals surface area contributed by atoms with Gasteiger partial charge in [0.15, 0.2) is 9.84 Å². The Hall–Kier alpha value is -1.36. The van der Waals surface area contributed by atoms with Crippen LogP contribution in [-0.2, 0) is 21.1 Å². The van der Waals surface area contributed by atoms with E-state index in [1.165, 1.54) is 19.1 Å². The van der Waals surface area contributed by atoms with Crippen molar-refractivity contribution in [3.8, 4) is 0 Å². The van der Waals surface area contributed by atoms with Crippen LogP contribution in [0.15, 0.2) is 29.2 Å². The number of carboxylic acids is 1. The molecule has 0 radical (unpaired) electrons. The summed E-state index contributed by atoms with van der Waals surface area (Å²) in [4.78, 5) is 10.7. The molecule has 0 bridgehead atoms. The van der Waals surface area contributed by atoms with Crippen molar-refractivity contribution in [1.29, 1.82) is 0 Å². The lowest BCUT2D eigenvalue weighted by molar-refractivity contribution is -0.136. The quantitative estimate of drug-likeness (QED) is 0.837. The van der Waals surface area contributed by atoms with E-state index in [2.05, 4.69) is 0 Å². The third-order valence-corrected chi connectivity index (χ3v) is 3.86. The Morgan fingerprint density at radius 3 is 2.47 bits per heavy atom. The summed E-state index contributed by atoms with van der Waals surface area (Å²) in [5.41, 5.74) is 0.340. The molecule has 0 fully saturated rings. The predicted octanol–water partition coefficient (Wildman–Crippen LogP) is 1.11. The van der Waals surface area contributed by atoms with Gasteiger partial charge < -0.3 is 5.11 Å². The molecule has 0 aliphatic rings. The average molecular weight is 228 g/mol. The van der Waals surface area contributed by atoms with Crippen LogP contribution in [-0.4, -0.2) is 25.2 Å². The standard InChI is InChI=1S/C10H12O4S/c1-2-15(13,14)9-6-4-3-5-8(9)7-10(11)12/h3-6H,2,7H2,1H3,(H,11,12). The zero-order chi connectivity index (χ0) is 11.5. The molecule has 0 aliphatic carbocycles. The first-order valence-corrected chi connectivity index (χ1v) is 6.15. The second kappa shape index (κ2) is 4.44. The molecule has 0 saturated carbocycles. The van der Waals surface area contributed by atoms with Crippen molar-refractivity contribution in [3.05, 3.63) is 29.8 Å². The van der Waals surface area contributed by atoms with Crippen LogP contribution in [0.2, 0.25) is 0 Å². The first kappa shape index (κ1) is 11.7.